The highest BCUT2D eigenvalue weighted by Crippen LogP contribution is 2.35. The van der Waals surface area contributed by atoms with E-state index in [4.69, 9.17) is 0 Å². The highest BCUT2D eigenvalue weighted by molar-refractivity contribution is 7.99. The van der Waals surface area contributed by atoms with E-state index in [-0.39, 0.29) is 11.7 Å². The molecule has 4 aromatic rings. The molecule has 0 unspecified atom stereocenters. The van der Waals surface area contributed by atoms with Crippen molar-refractivity contribution in [1.29, 1.82) is 0 Å². The lowest BCUT2D eigenvalue weighted by Crippen LogP contribution is -2.50. The summed E-state index contributed by atoms with van der Waals surface area (Å²) in [6, 6.07) is 5.51. The molecule has 0 aliphatic carbocycles. The van der Waals surface area contributed by atoms with Crippen molar-refractivity contribution in [2.24, 2.45) is 0 Å². The zero-order chi connectivity index (χ0) is 22.9. The van der Waals surface area contributed by atoms with Crippen molar-refractivity contribution in [2.45, 2.75) is 29.8 Å². The van der Waals surface area contributed by atoms with Gasteiger partial charge < -0.3 is 5.32 Å². The first-order chi connectivity index (χ1) is 16.0. The lowest BCUT2D eigenvalue weighted by molar-refractivity contribution is -0.117. The molecule has 1 aromatic carbocycles. The number of fused-ring (bicyclic) bond motifs is 2. The van der Waals surface area contributed by atoms with Crippen LogP contribution in [0, 0.1) is 5.82 Å². The molecule has 5 rings (SSSR count). The maximum absolute atomic E-state index is 14.8. The molecule has 0 saturated carbocycles. The lowest BCUT2D eigenvalue weighted by atomic mass is 10.2. The molecule has 0 radical (unpaired) electrons. The van der Waals surface area contributed by atoms with E-state index in [0.717, 1.165) is 35.9 Å². The Balaban J connectivity index is 1.26. The number of anilines is 1. The van der Waals surface area contributed by atoms with Crippen molar-refractivity contribution in [3.63, 3.8) is 0 Å². The van der Waals surface area contributed by atoms with Gasteiger partial charge in [-0.2, -0.15) is 0 Å². The van der Waals surface area contributed by atoms with Crippen molar-refractivity contribution in [2.75, 3.05) is 38.0 Å². The molecule has 33 heavy (non-hydrogen) atoms. The molecule has 1 fully saturated rings. The minimum atomic E-state index is -0.363. The highest BCUT2D eigenvalue weighted by Gasteiger charge is 2.21. The number of imidazole rings is 1. The van der Waals surface area contributed by atoms with Gasteiger partial charge in [-0.1, -0.05) is 23.1 Å². The molecule has 172 valence electrons. The minimum Gasteiger partial charge on any atom is -0.301 e. The lowest BCUT2D eigenvalue weighted by Gasteiger charge is -2.36. The van der Waals surface area contributed by atoms with Crippen LogP contribution in [-0.2, 0) is 4.79 Å². The van der Waals surface area contributed by atoms with Crippen LogP contribution in [0.5, 0.6) is 0 Å². The van der Waals surface area contributed by atoms with Gasteiger partial charge in [0.25, 0.3) is 0 Å². The molecule has 8 nitrogen and oxygen atoms in total. The number of benzene rings is 1. The quantitative estimate of drug-likeness (QED) is 0.447. The number of halogens is 1. The van der Waals surface area contributed by atoms with E-state index in [0.29, 0.717) is 33.9 Å². The van der Waals surface area contributed by atoms with Crippen molar-refractivity contribution in [3.05, 3.63) is 42.6 Å². The summed E-state index contributed by atoms with van der Waals surface area (Å²) in [6.07, 6.45) is 5.19. The van der Waals surface area contributed by atoms with E-state index < -0.39 is 0 Å². The summed E-state index contributed by atoms with van der Waals surface area (Å²) in [5.41, 5.74) is 0.530. The first-order valence-electron chi connectivity index (χ1n) is 10.8. The predicted molar refractivity (Wildman–Crippen MR) is 128 cm³/mol. The van der Waals surface area contributed by atoms with Gasteiger partial charge in [0, 0.05) is 50.7 Å². The fourth-order valence-corrected chi connectivity index (χ4v) is 5.74. The zero-order valence-corrected chi connectivity index (χ0v) is 20.0. The molecule has 1 amide bonds. The van der Waals surface area contributed by atoms with Gasteiger partial charge in [-0.05, 0) is 26.0 Å². The van der Waals surface area contributed by atoms with Crippen molar-refractivity contribution < 1.29 is 9.18 Å². The number of aromatic nitrogens is 4. The summed E-state index contributed by atoms with van der Waals surface area (Å²) < 4.78 is 17.4. The predicted octanol–water partition coefficient (Wildman–Crippen LogP) is 3.59. The van der Waals surface area contributed by atoms with Gasteiger partial charge in [0.15, 0.2) is 5.13 Å². The number of hydrogen-bond donors (Lipinski definition) is 1. The summed E-state index contributed by atoms with van der Waals surface area (Å²) in [6.45, 7) is 8.39. The molecule has 0 atom stereocenters. The van der Waals surface area contributed by atoms with Crippen molar-refractivity contribution >= 4 is 50.1 Å². The number of hydrogen-bond acceptors (Lipinski definition) is 8. The fourth-order valence-electron chi connectivity index (χ4n) is 3.86. The number of nitrogens with zero attached hydrogens (tertiary/aromatic N) is 6. The highest BCUT2D eigenvalue weighted by atomic mass is 32.2. The Labute approximate surface area is 198 Å². The van der Waals surface area contributed by atoms with Crippen LogP contribution in [0.15, 0.2) is 46.7 Å². The number of amides is 1. The van der Waals surface area contributed by atoms with E-state index in [1.807, 2.05) is 10.6 Å². The Bertz CT molecular complexity index is 1300. The molecule has 11 heteroatoms. The largest absolute Gasteiger partial charge is 0.301 e. The second-order valence-electron chi connectivity index (χ2n) is 8.21. The Morgan fingerprint density at radius 1 is 1.24 bits per heavy atom. The number of carbonyl (C=O) groups is 1. The number of carbonyl (C=O) groups excluding carboxylic acids is 1. The SMILES string of the molecule is CC(C)N1CCN(CC(=O)Nc2nc3cc(F)c(Sc4cnc5ncccn45)cc3s2)CC1. The average Bonchev–Trinajstić information content (AvgIpc) is 3.37. The van der Waals surface area contributed by atoms with Crippen molar-refractivity contribution in [3.8, 4) is 0 Å². The second kappa shape index (κ2) is 9.34. The topological polar surface area (TPSA) is 78.7 Å². The first-order valence-corrected chi connectivity index (χ1v) is 12.4. The molecular weight excluding hydrogens is 461 g/mol. The first kappa shape index (κ1) is 22.2. The van der Waals surface area contributed by atoms with Gasteiger partial charge in [0.1, 0.15) is 10.8 Å². The molecule has 1 aliphatic heterocycles. The summed E-state index contributed by atoms with van der Waals surface area (Å²) in [4.78, 5) is 30.4. The number of piperazine rings is 1. The molecule has 4 heterocycles. The van der Waals surface area contributed by atoms with E-state index >= 15 is 0 Å². The molecular formula is C22H24FN7OS2. The van der Waals surface area contributed by atoms with E-state index in [1.54, 1.807) is 24.5 Å². The summed E-state index contributed by atoms with van der Waals surface area (Å²) >= 11 is 2.63. The molecule has 0 bridgehead atoms. The van der Waals surface area contributed by atoms with Gasteiger partial charge in [-0.25, -0.2) is 19.3 Å². The molecule has 0 spiro atoms. The van der Waals surface area contributed by atoms with Crippen LogP contribution in [0.4, 0.5) is 9.52 Å². The smallest absolute Gasteiger partial charge is 0.240 e. The van der Waals surface area contributed by atoms with Crippen LogP contribution in [0.3, 0.4) is 0 Å². The maximum Gasteiger partial charge on any atom is 0.240 e. The van der Waals surface area contributed by atoms with Gasteiger partial charge in [0.05, 0.1) is 27.9 Å². The number of thiazole rings is 1. The van der Waals surface area contributed by atoms with Crippen LogP contribution in [0.2, 0.25) is 0 Å². The Morgan fingerprint density at radius 2 is 2.06 bits per heavy atom. The molecule has 1 saturated heterocycles. The minimum absolute atomic E-state index is 0.0969. The third-order valence-corrected chi connectivity index (χ3v) is 7.64. The number of rotatable bonds is 6. The van der Waals surface area contributed by atoms with E-state index in [1.165, 1.54) is 29.2 Å². The van der Waals surface area contributed by atoms with Crippen LogP contribution in [-0.4, -0.2) is 73.8 Å². The Kier molecular flexibility index (Phi) is 6.28. The monoisotopic (exact) mass is 485 g/mol. The van der Waals surface area contributed by atoms with E-state index in [2.05, 4.69) is 43.9 Å². The average molecular weight is 486 g/mol. The Hall–Kier alpha value is -2.60. The third kappa shape index (κ3) is 4.86. The van der Waals surface area contributed by atoms with Crippen LogP contribution < -0.4 is 5.32 Å². The zero-order valence-electron chi connectivity index (χ0n) is 18.4. The summed E-state index contributed by atoms with van der Waals surface area (Å²) in [5.74, 6) is 0.104. The van der Waals surface area contributed by atoms with Crippen molar-refractivity contribution in [1.82, 2.24) is 29.2 Å². The van der Waals surface area contributed by atoms with Gasteiger partial charge in [0.2, 0.25) is 11.7 Å². The maximum atomic E-state index is 14.8. The molecule has 1 aliphatic rings. The third-order valence-electron chi connectivity index (χ3n) is 5.66. The Morgan fingerprint density at radius 3 is 2.85 bits per heavy atom. The van der Waals surface area contributed by atoms with Crippen LogP contribution in [0.25, 0.3) is 16.0 Å². The molecule has 1 N–H and O–H groups in total. The van der Waals surface area contributed by atoms with Gasteiger partial charge >= 0.3 is 0 Å². The summed E-state index contributed by atoms with van der Waals surface area (Å²) in [7, 11) is 0. The second-order valence-corrected chi connectivity index (χ2v) is 10.3. The number of nitrogens with one attached hydrogen (secondary N) is 1. The summed E-state index contributed by atoms with van der Waals surface area (Å²) in [5, 5.41) is 4.14. The fraction of sp³-hybridized carbons (Fsp3) is 0.364. The van der Waals surface area contributed by atoms with Gasteiger partial charge in [-0.3, -0.25) is 19.0 Å². The standard InChI is InChI=1S/C22H24FN7OS2/c1-14(2)29-8-6-28(7-9-29)13-19(31)27-22-26-16-10-15(23)17(11-18(16)33-22)32-20-12-25-21-24-4-3-5-30(20)21/h3-5,10-12,14H,6-9,13H2,1-2H3,(H,26,27,31). The van der Waals surface area contributed by atoms with Crippen LogP contribution in [0.1, 0.15) is 13.8 Å². The van der Waals surface area contributed by atoms with Crippen LogP contribution >= 0.6 is 23.1 Å². The van der Waals surface area contributed by atoms with E-state index in [9.17, 15) is 9.18 Å². The van der Waals surface area contributed by atoms with Gasteiger partial charge in [-0.15, -0.1) is 0 Å². The normalized spacial score (nSPS) is 15.6. The molecule has 3 aromatic heterocycles.